The van der Waals surface area contributed by atoms with Gasteiger partial charge in [-0.3, -0.25) is 9.36 Å². The second kappa shape index (κ2) is 10.2. The van der Waals surface area contributed by atoms with E-state index in [-0.39, 0.29) is 5.91 Å². The van der Waals surface area contributed by atoms with Crippen molar-refractivity contribution in [3.8, 4) is 16.4 Å². The van der Waals surface area contributed by atoms with Crippen molar-refractivity contribution in [3.05, 3.63) is 83.7 Å². The molecule has 0 unspecified atom stereocenters. The number of carbonyl (C=O) groups is 1. The number of thioether (sulfide) groups is 1. The topological polar surface area (TPSA) is 59.8 Å². The number of thiophene rings is 1. The summed E-state index contributed by atoms with van der Waals surface area (Å²) in [7, 11) is 0. The maximum atomic E-state index is 12.3. The van der Waals surface area contributed by atoms with Gasteiger partial charge in [-0.15, -0.1) is 21.5 Å². The van der Waals surface area contributed by atoms with E-state index in [4.69, 9.17) is 0 Å². The van der Waals surface area contributed by atoms with E-state index in [0.29, 0.717) is 17.5 Å². The van der Waals surface area contributed by atoms with Crippen LogP contribution >= 0.6 is 23.1 Å². The second-order valence-corrected chi connectivity index (χ2v) is 8.57. The van der Waals surface area contributed by atoms with Crippen LogP contribution in [0.3, 0.4) is 0 Å². The van der Waals surface area contributed by atoms with Gasteiger partial charge >= 0.3 is 0 Å². The molecule has 0 aliphatic carbocycles. The number of carbonyl (C=O) groups excluding carboxylic acids is 1. The fourth-order valence-corrected chi connectivity index (χ4v) is 4.56. The van der Waals surface area contributed by atoms with Crippen molar-refractivity contribution >= 4 is 29.0 Å². The van der Waals surface area contributed by atoms with Crippen molar-refractivity contribution in [1.29, 1.82) is 0 Å². The summed E-state index contributed by atoms with van der Waals surface area (Å²) in [6.45, 7) is 0.667. The molecule has 0 radical (unpaired) electrons. The number of benzene rings is 2. The third-order valence-electron chi connectivity index (χ3n) is 4.53. The van der Waals surface area contributed by atoms with Crippen molar-refractivity contribution in [2.75, 3.05) is 12.3 Å². The molecule has 0 spiro atoms. The Bertz CT molecular complexity index is 1060. The molecule has 0 saturated heterocycles. The molecule has 0 aliphatic rings. The number of rotatable bonds is 9. The monoisotopic (exact) mass is 434 g/mol. The van der Waals surface area contributed by atoms with Crippen LogP contribution in [0.1, 0.15) is 12.0 Å². The molecule has 30 heavy (non-hydrogen) atoms. The summed E-state index contributed by atoms with van der Waals surface area (Å²) in [4.78, 5) is 13.4. The zero-order valence-corrected chi connectivity index (χ0v) is 18.0. The van der Waals surface area contributed by atoms with Crippen LogP contribution in [-0.2, 0) is 11.2 Å². The van der Waals surface area contributed by atoms with Gasteiger partial charge < -0.3 is 5.32 Å². The molecule has 1 N–H and O–H groups in total. The lowest BCUT2D eigenvalue weighted by Crippen LogP contribution is -2.26. The minimum absolute atomic E-state index is 0.00773. The molecule has 2 aromatic heterocycles. The number of hydrogen-bond donors (Lipinski definition) is 1. The predicted octanol–water partition coefficient (Wildman–Crippen LogP) is 4.84. The van der Waals surface area contributed by atoms with Gasteiger partial charge in [0, 0.05) is 12.2 Å². The standard InChI is InChI=1S/C23H22N4OS2/c28-21(24-15-7-11-18-9-3-1-4-10-18)17-30-23-26-25-22(20-14-8-16-29-20)27(23)19-12-5-2-6-13-19/h1-6,8-10,12-14,16H,7,11,15,17H2,(H,24,28). The molecule has 0 fully saturated rings. The van der Waals surface area contributed by atoms with Gasteiger partial charge in [0.15, 0.2) is 11.0 Å². The highest BCUT2D eigenvalue weighted by atomic mass is 32.2. The van der Waals surface area contributed by atoms with Crippen LogP contribution in [0.25, 0.3) is 16.4 Å². The maximum Gasteiger partial charge on any atom is 0.230 e. The van der Waals surface area contributed by atoms with Crippen molar-refractivity contribution in [2.24, 2.45) is 0 Å². The maximum absolute atomic E-state index is 12.3. The predicted molar refractivity (Wildman–Crippen MR) is 123 cm³/mol. The lowest BCUT2D eigenvalue weighted by atomic mass is 10.1. The SMILES string of the molecule is O=C(CSc1nnc(-c2cccs2)n1-c1ccccc1)NCCCc1ccccc1. The zero-order valence-electron chi connectivity index (χ0n) is 16.4. The van der Waals surface area contributed by atoms with Gasteiger partial charge in [-0.1, -0.05) is 66.4 Å². The van der Waals surface area contributed by atoms with Crippen LogP contribution in [0.2, 0.25) is 0 Å². The van der Waals surface area contributed by atoms with Crippen molar-refractivity contribution < 1.29 is 4.79 Å². The molecular weight excluding hydrogens is 412 g/mol. The highest BCUT2D eigenvalue weighted by Crippen LogP contribution is 2.30. The molecule has 0 saturated carbocycles. The minimum atomic E-state index is 0.00773. The number of amides is 1. The molecule has 4 rings (SSSR count). The van der Waals surface area contributed by atoms with Crippen molar-refractivity contribution in [3.63, 3.8) is 0 Å². The van der Waals surface area contributed by atoms with Gasteiger partial charge in [-0.2, -0.15) is 0 Å². The van der Waals surface area contributed by atoms with E-state index in [1.807, 2.05) is 70.6 Å². The van der Waals surface area contributed by atoms with Gasteiger partial charge in [0.2, 0.25) is 5.91 Å². The molecule has 2 heterocycles. The first-order valence-corrected chi connectivity index (χ1v) is 11.7. The number of aryl methyl sites for hydroxylation is 1. The zero-order chi connectivity index (χ0) is 20.6. The summed E-state index contributed by atoms with van der Waals surface area (Å²) in [5.41, 5.74) is 2.27. The van der Waals surface area contributed by atoms with E-state index in [9.17, 15) is 4.79 Å². The van der Waals surface area contributed by atoms with Crippen molar-refractivity contribution in [2.45, 2.75) is 18.0 Å². The van der Waals surface area contributed by atoms with Gasteiger partial charge in [-0.25, -0.2) is 0 Å². The number of nitrogens with one attached hydrogen (secondary N) is 1. The third-order valence-corrected chi connectivity index (χ3v) is 6.32. The van der Waals surface area contributed by atoms with E-state index in [0.717, 1.165) is 29.2 Å². The second-order valence-electron chi connectivity index (χ2n) is 6.68. The Morgan fingerprint density at radius 3 is 2.47 bits per heavy atom. The van der Waals surface area contributed by atoms with Crippen molar-refractivity contribution in [1.82, 2.24) is 20.1 Å². The quantitative estimate of drug-likeness (QED) is 0.303. The Labute approximate surface area is 184 Å². The summed E-state index contributed by atoms with van der Waals surface area (Å²) in [5, 5.41) is 14.5. The highest BCUT2D eigenvalue weighted by molar-refractivity contribution is 7.99. The van der Waals surface area contributed by atoms with Crippen LogP contribution < -0.4 is 5.32 Å². The molecule has 4 aromatic rings. The Balaban J connectivity index is 1.37. The van der Waals surface area contributed by atoms with E-state index in [1.54, 1.807) is 11.3 Å². The third kappa shape index (κ3) is 5.17. The van der Waals surface area contributed by atoms with Gasteiger partial charge in [0.1, 0.15) is 0 Å². The molecule has 1 amide bonds. The molecule has 2 aromatic carbocycles. The van der Waals surface area contributed by atoms with Crippen LogP contribution in [-0.4, -0.2) is 33.0 Å². The lowest BCUT2D eigenvalue weighted by Gasteiger charge is -2.09. The first-order valence-electron chi connectivity index (χ1n) is 9.79. The number of hydrogen-bond acceptors (Lipinski definition) is 5. The summed E-state index contributed by atoms with van der Waals surface area (Å²) >= 11 is 3.03. The molecule has 0 bridgehead atoms. The summed E-state index contributed by atoms with van der Waals surface area (Å²) in [5.74, 6) is 1.11. The van der Waals surface area contributed by atoms with E-state index >= 15 is 0 Å². The number of aromatic nitrogens is 3. The summed E-state index contributed by atoms with van der Waals surface area (Å²) in [6.07, 6.45) is 1.88. The summed E-state index contributed by atoms with van der Waals surface area (Å²) in [6, 6.07) is 24.3. The van der Waals surface area contributed by atoms with Gasteiger partial charge in [0.25, 0.3) is 0 Å². The molecule has 0 atom stereocenters. The molecule has 0 aliphatic heterocycles. The first kappa shape index (κ1) is 20.4. The number of para-hydroxylation sites is 1. The number of nitrogens with zero attached hydrogens (tertiary/aromatic N) is 3. The Hall–Kier alpha value is -2.90. The Kier molecular flexibility index (Phi) is 6.95. The minimum Gasteiger partial charge on any atom is -0.355 e. The van der Waals surface area contributed by atoms with Crippen LogP contribution in [0.4, 0.5) is 0 Å². The molecule has 152 valence electrons. The summed E-state index contributed by atoms with van der Waals surface area (Å²) < 4.78 is 2.01. The Morgan fingerprint density at radius 2 is 1.73 bits per heavy atom. The van der Waals surface area contributed by atoms with Gasteiger partial charge in [-0.05, 0) is 42.0 Å². The van der Waals surface area contributed by atoms with E-state index in [2.05, 4.69) is 27.6 Å². The average Bonchev–Trinajstić information content (AvgIpc) is 3.46. The molecule has 7 heteroatoms. The first-order chi connectivity index (χ1) is 14.8. The molecule has 5 nitrogen and oxygen atoms in total. The smallest absolute Gasteiger partial charge is 0.230 e. The highest BCUT2D eigenvalue weighted by Gasteiger charge is 2.17. The average molecular weight is 435 g/mol. The van der Waals surface area contributed by atoms with Crippen LogP contribution in [0.5, 0.6) is 0 Å². The van der Waals surface area contributed by atoms with E-state index in [1.165, 1.54) is 17.3 Å². The van der Waals surface area contributed by atoms with Crippen LogP contribution in [0.15, 0.2) is 83.3 Å². The fraction of sp³-hybridized carbons (Fsp3) is 0.174. The van der Waals surface area contributed by atoms with Gasteiger partial charge in [0.05, 0.1) is 10.6 Å². The molecular formula is C23H22N4OS2. The largest absolute Gasteiger partial charge is 0.355 e. The normalized spacial score (nSPS) is 10.8. The Morgan fingerprint density at radius 1 is 0.967 bits per heavy atom. The van der Waals surface area contributed by atoms with Crippen LogP contribution in [0, 0.1) is 0 Å². The van der Waals surface area contributed by atoms with E-state index < -0.39 is 0 Å². The lowest BCUT2D eigenvalue weighted by molar-refractivity contribution is -0.118. The fourth-order valence-electron chi connectivity index (χ4n) is 3.08.